The monoisotopic (exact) mass is 343 g/mol. The summed E-state index contributed by atoms with van der Waals surface area (Å²) in [5, 5.41) is 9.44. The minimum Gasteiger partial charge on any atom is -0.448 e. The second-order valence-corrected chi connectivity index (χ2v) is 6.58. The van der Waals surface area contributed by atoms with E-state index < -0.39 is 5.79 Å². The normalized spacial score (nSPS) is 18.8. The van der Waals surface area contributed by atoms with E-state index in [0.29, 0.717) is 17.1 Å². The number of aromatic nitrogens is 1. The molecule has 2 heterocycles. The lowest BCUT2D eigenvalue weighted by atomic mass is 9.94. The van der Waals surface area contributed by atoms with Gasteiger partial charge in [-0.3, -0.25) is 0 Å². The zero-order valence-electron chi connectivity index (χ0n) is 14.1. The maximum Gasteiger partial charge on any atom is 0.319 e. The van der Waals surface area contributed by atoms with Gasteiger partial charge in [0.15, 0.2) is 11.5 Å². The highest BCUT2D eigenvalue weighted by molar-refractivity contribution is 5.89. The van der Waals surface area contributed by atoms with Crippen molar-refractivity contribution >= 4 is 11.7 Å². The molecule has 0 radical (unpaired) electrons. The van der Waals surface area contributed by atoms with E-state index in [1.54, 1.807) is 12.1 Å². The molecule has 1 aromatic heterocycles. The third kappa shape index (κ3) is 3.26. The van der Waals surface area contributed by atoms with Crippen LogP contribution in [0, 0.1) is 0 Å². The average Bonchev–Trinajstić information content (AvgIpc) is 3.22. The molecule has 2 aliphatic rings. The van der Waals surface area contributed by atoms with Crippen molar-refractivity contribution in [3.8, 4) is 11.5 Å². The van der Waals surface area contributed by atoms with E-state index in [4.69, 9.17) is 14.0 Å². The Morgan fingerprint density at radius 2 is 1.96 bits per heavy atom. The highest BCUT2D eigenvalue weighted by Crippen LogP contribution is 2.46. The Morgan fingerprint density at radius 3 is 2.72 bits per heavy atom. The summed E-state index contributed by atoms with van der Waals surface area (Å²) < 4.78 is 16.9. The van der Waals surface area contributed by atoms with Gasteiger partial charge in [0.25, 0.3) is 5.79 Å². The Bertz CT molecular complexity index is 754. The molecular formula is C18H21N3O4. The lowest BCUT2D eigenvalue weighted by Crippen LogP contribution is -2.40. The maximum absolute atomic E-state index is 12.2. The van der Waals surface area contributed by atoms with Crippen LogP contribution in [0.4, 0.5) is 10.5 Å². The van der Waals surface area contributed by atoms with E-state index in [2.05, 4.69) is 15.8 Å². The molecule has 1 saturated carbocycles. The van der Waals surface area contributed by atoms with Crippen molar-refractivity contribution in [1.29, 1.82) is 0 Å². The van der Waals surface area contributed by atoms with Gasteiger partial charge in [-0.05, 0) is 31.9 Å². The molecule has 7 heteroatoms. The van der Waals surface area contributed by atoms with Gasteiger partial charge in [0.05, 0.1) is 6.04 Å². The van der Waals surface area contributed by atoms with Gasteiger partial charge in [0.1, 0.15) is 12.0 Å². The number of hydrogen-bond acceptors (Lipinski definition) is 5. The fraction of sp³-hybridized carbons (Fsp3) is 0.444. The van der Waals surface area contributed by atoms with E-state index in [1.807, 2.05) is 19.1 Å². The highest BCUT2D eigenvalue weighted by Gasteiger charge is 2.42. The topological polar surface area (TPSA) is 85.6 Å². The van der Waals surface area contributed by atoms with Crippen LogP contribution in [0.1, 0.15) is 50.8 Å². The molecule has 7 nitrogen and oxygen atoms in total. The van der Waals surface area contributed by atoms with Crippen LogP contribution in [0.3, 0.4) is 0 Å². The smallest absolute Gasteiger partial charge is 0.319 e. The second-order valence-electron chi connectivity index (χ2n) is 6.58. The number of amides is 2. The van der Waals surface area contributed by atoms with Crippen LogP contribution in [0.5, 0.6) is 11.5 Å². The number of benzene rings is 1. The number of rotatable bonds is 3. The number of nitrogens with zero attached hydrogens (tertiary/aromatic N) is 1. The van der Waals surface area contributed by atoms with Crippen LogP contribution in [-0.4, -0.2) is 17.0 Å². The third-order valence-electron chi connectivity index (χ3n) is 4.66. The van der Waals surface area contributed by atoms with Crippen LogP contribution in [-0.2, 0) is 0 Å². The van der Waals surface area contributed by atoms with Crippen LogP contribution in [0.2, 0.25) is 0 Å². The Morgan fingerprint density at radius 1 is 1.16 bits per heavy atom. The Hall–Kier alpha value is -2.70. The largest absolute Gasteiger partial charge is 0.448 e. The SMILES string of the molecule is C[C@@H](NC(=O)Nc1ccc2c(c1)OC1(CCCCC1)O2)c1ccon1. The number of nitrogens with one attached hydrogen (secondary N) is 2. The summed E-state index contributed by atoms with van der Waals surface area (Å²) in [5.41, 5.74) is 1.32. The van der Waals surface area contributed by atoms with Gasteiger partial charge >= 0.3 is 6.03 Å². The Kier molecular flexibility index (Phi) is 3.99. The van der Waals surface area contributed by atoms with Crippen molar-refractivity contribution in [3.05, 3.63) is 36.2 Å². The Balaban J connectivity index is 1.40. The van der Waals surface area contributed by atoms with E-state index in [1.165, 1.54) is 12.7 Å². The van der Waals surface area contributed by atoms with Crippen LogP contribution >= 0.6 is 0 Å². The van der Waals surface area contributed by atoms with Crippen molar-refractivity contribution in [1.82, 2.24) is 10.5 Å². The van der Waals surface area contributed by atoms with Gasteiger partial charge in [-0.15, -0.1) is 0 Å². The molecule has 1 atom stereocenters. The van der Waals surface area contributed by atoms with Crippen molar-refractivity contribution < 1.29 is 18.8 Å². The minimum absolute atomic E-state index is 0.252. The van der Waals surface area contributed by atoms with E-state index in [-0.39, 0.29) is 12.1 Å². The van der Waals surface area contributed by atoms with Crippen molar-refractivity contribution in [2.45, 2.75) is 50.9 Å². The summed E-state index contributed by atoms with van der Waals surface area (Å²) in [6, 6.07) is 6.61. The molecule has 2 amide bonds. The van der Waals surface area contributed by atoms with E-state index in [0.717, 1.165) is 31.4 Å². The number of carbonyl (C=O) groups is 1. The predicted octanol–water partition coefficient (Wildman–Crippen LogP) is 3.99. The number of urea groups is 1. The lowest BCUT2D eigenvalue weighted by molar-refractivity contribution is -0.105. The second kappa shape index (κ2) is 6.31. The fourth-order valence-electron chi connectivity index (χ4n) is 3.35. The van der Waals surface area contributed by atoms with E-state index >= 15 is 0 Å². The van der Waals surface area contributed by atoms with Gasteiger partial charge in [-0.25, -0.2) is 4.79 Å². The van der Waals surface area contributed by atoms with Crippen molar-refractivity contribution in [3.63, 3.8) is 0 Å². The summed E-state index contributed by atoms with van der Waals surface area (Å²) in [5.74, 6) is 0.913. The first-order valence-corrected chi connectivity index (χ1v) is 8.63. The van der Waals surface area contributed by atoms with Gasteiger partial charge in [0, 0.05) is 30.7 Å². The summed E-state index contributed by atoms with van der Waals surface area (Å²) >= 11 is 0. The van der Waals surface area contributed by atoms with Gasteiger partial charge in [0.2, 0.25) is 0 Å². The first kappa shape index (κ1) is 15.8. The molecular weight excluding hydrogens is 322 g/mol. The summed E-state index contributed by atoms with van der Waals surface area (Å²) in [6.07, 6.45) is 6.73. The Labute approximate surface area is 145 Å². The average molecular weight is 343 g/mol. The molecule has 25 heavy (non-hydrogen) atoms. The number of hydrogen-bond donors (Lipinski definition) is 2. The third-order valence-corrected chi connectivity index (χ3v) is 4.66. The van der Waals surface area contributed by atoms with E-state index in [9.17, 15) is 4.79 Å². The number of carbonyl (C=O) groups excluding carboxylic acids is 1. The molecule has 4 rings (SSSR count). The molecule has 1 aliphatic carbocycles. The van der Waals surface area contributed by atoms with Gasteiger partial charge < -0.3 is 24.6 Å². The first-order valence-electron chi connectivity index (χ1n) is 8.63. The van der Waals surface area contributed by atoms with Crippen LogP contribution < -0.4 is 20.1 Å². The number of fused-ring (bicyclic) bond motifs is 1. The summed E-state index contributed by atoms with van der Waals surface area (Å²) in [7, 11) is 0. The summed E-state index contributed by atoms with van der Waals surface area (Å²) in [4.78, 5) is 12.2. The zero-order chi connectivity index (χ0) is 17.3. The zero-order valence-corrected chi connectivity index (χ0v) is 14.1. The fourth-order valence-corrected chi connectivity index (χ4v) is 3.35. The van der Waals surface area contributed by atoms with Crippen molar-refractivity contribution in [2.75, 3.05) is 5.32 Å². The molecule has 132 valence electrons. The molecule has 1 spiro atoms. The highest BCUT2D eigenvalue weighted by atomic mass is 16.7. The standard InChI is InChI=1S/C18H21N3O4/c1-12(14-7-10-23-21-14)19-17(22)20-13-5-6-15-16(11-13)25-18(24-15)8-3-2-4-9-18/h5-7,10-12H,2-4,8-9H2,1H3,(H2,19,20,22)/t12-/m1/s1. The van der Waals surface area contributed by atoms with Crippen molar-refractivity contribution in [2.24, 2.45) is 0 Å². The molecule has 2 N–H and O–H groups in total. The predicted molar refractivity (Wildman–Crippen MR) is 90.6 cm³/mol. The quantitative estimate of drug-likeness (QED) is 0.880. The van der Waals surface area contributed by atoms with Crippen LogP contribution in [0.15, 0.2) is 35.1 Å². The molecule has 1 aliphatic heterocycles. The van der Waals surface area contributed by atoms with Gasteiger partial charge in [-0.1, -0.05) is 11.6 Å². The molecule has 1 aromatic carbocycles. The molecule has 1 fully saturated rings. The number of anilines is 1. The van der Waals surface area contributed by atoms with Gasteiger partial charge in [-0.2, -0.15) is 0 Å². The molecule has 2 aromatic rings. The molecule has 0 saturated heterocycles. The maximum atomic E-state index is 12.2. The summed E-state index contributed by atoms with van der Waals surface area (Å²) in [6.45, 7) is 1.84. The molecule has 0 unspecified atom stereocenters. The molecule has 0 bridgehead atoms. The lowest BCUT2D eigenvalue weighted by Gasteiger charge is -2.31. The van der Waals surface area contributed by atoms with Crippen LogP contribution in [0.25, 0.3) is 0 Å². The number of ether oxygens (including phenoxy) is 2. The first-order chi connectivity index (χ1) is 12.1. The minimum atomic E-state index is -0.511.